The van der Waals surface area contributed by atoms with Gasteiger partial charge in [-0.15, -0.1) is 0 Å². The zero-order valence-electron chi connectivity index (χ0n) is 15.8. The van der Waals surface area contributed by atoms with Crippen molar-refractivity contribution in [3.63, 3.8) is 0 Å². The Morgan fingerprint density at radius 3 is 2.31 bits per heavy atom. The first-order valence-electron chi connectivity index (χ1n) is 9.10. The van der Waals surface area contributed by atoms with E-state index in [2.05, 4.69) is 0 Å². The second kappa shape index (κ2) is 8.44. The molecule has 1 aliphatic rings. The van der Waals surface area contributed by atoms with Gasteiger partial charge in [0.1, 0.15) is 11.9 Å². The second-order valence-corrected chi connectivity index (χ2v) is 8.03. The van der Waals surface area contributed by atoms with Gasteiger partial charge < -0.3 is 9.64 Å². The van der Waals surface area contributed by atoms with Gasteiger partial charge in [-0.3, -0.25) is 4.79 Å². The minimum absolute atomic E-state index is 0.0295. The van der Waals surface area contributed by atoms with Crippen molar-refractivity contribution < 1.29 is 22.7 Å². The Morgan fingerprint density at radius 1 is 1.10 bits per heavy atom. The van der Waals surface area contributed by atoms with E-state index in [0.717, 1.165) is 17.7 Å². The predicted molar refractivity (Wildman–Crippen MR) is 106 cm³/mol. The quantitative estimate of drug-likeness (QED) is 0.573. The minimum Gasteiger partial charge on any atom is -0.490 e. The van der Waals surface area contributed by atoms with E-state index in [-0.39, 0.29) is 23.8 Å². The second-order valence-electron chi connectivity index (χ2n) is 7.21. The molecule has 0 bridgehead atoms. The molecule has 29 heavy (non-hydrogen) atoms. The van der Waals surface area contributed by atoms with Crippen LogP contribution in [-0.4, -0.2) is 30.0 Å². The Bertz CT molecular complexity index is 886. The van der Waals surface area contributed by atoms with Crippen LogP contribution in [-0.2, 0) is 11.0 Å². The standard InChI is InChI=1S/C21H20Cl2F3NO2/c1-12(29-16-6-4-15(5-7-16)21(24,25)26)17-10-27(13(2)28)11-18(17)14-3-8-19(22)20(23)9-14/h3-9,12,17-18H,10-11H2,1-2H3. The molecular formula is C21H20Cl2F3NO2. The lowest BCUT2D eigenvalue weighted by atomic mass is 9.85. The topological polar surface area (TPSA) is 29.5 Å². The number of ether oxygens (including phenoxy) is 1. The average Bonchev–Trinajstić information content (AvgIpc) is 3.09. The summed E-state index contributed by atoms with van der Waals surface area (Å²) in [5.74, 6) is 0.218. The molecule has 0 N–H and O–H groups in total. The molecular weight excluding hydrogens is 426 g/mol. The lowest BCUT2D eigenvalue weighted by Gasteiger charge is -2.26. The molecule has 0 saturated carbocycles. The van der Waals surface area contributed by atoms with Crippen LogP contribution in [0.3, 0.4) is 0 Å². The molecule has 3 unspecified atom stereocenters. The first kappa shape index (κ1) is 21.8. The fourth-order valence-electron chi connectivity index (χ4n) is 3.68. The van der Waals surface area contributed by atoms with Gasteiger partial charge in [0.05, 0.1) is 15.6 Å². The van der Waals surface area contributed by atoms with Gasteiger partial charge in [-0.1, -0.05) is 29.3 Å². The largest absolute Gasteiger partial charge is 0.490 e. The maximum Gasteiger partial charge on any atom is 0.416 e. The summed E-state index contributed by atoms with van der Waals surface area (Å²) < 4.78 is 44.2. The van der Waals surface area contributed by atoms with Crippen molar-refractivity contribution in [2.75, 3.05) is 13.1 Å². The van der Waals surface area contributed by atoms with Crippen LogP contribution in [0.4, 0.5) is 13.2 Å². The molecule has 2 aromatic rings. The summed E-state index contributed by atoms with van der Waals surface area (Å²) >= 11 is 12.2. The molecule has 1 aliphatic heterocycles. The molecule has 1 fully saturated rings. The third kappa shape index (κ3) is 4.98. The maximum atomic E-state index is 12.7. The van der Waals surface area contributed by atoms with Crippen LogP contribution in [0, 0.1) is 5.92 Å². The highest BCUT2D eigenvalue weighted by Crippen LogP contribution is 2.38. The lowest BCUT2D eigenvalue weighted by Crippen LogP contribution is -2.31. The van der Waals surface area contributed by atoms with Crippen LogP contribution in [0.25, 0.3) is 0 Å². The predicted octanol–water partition coefficient (Wildman–Crippen LogP) is 6.04. The van der Waals surface area contributed by atoms with Gasteiger partial charge in [-0.25, -0.2) is 0 Å². The number of benzene rings is 2. The van der Waals surface area contributed by atoms with E-state index < -0.39 is 11.7 Å². The van der Waals surface area contributed by atoms with Gasteiger partial charge in [0.25, 0.3) is 0 Å². The Balaban J connectivity index is 1.81. The number of nitrogens with zero attached hydrogens (tertiary/aromatic N) is 1. The number of rotatable bonds is 4. The molecule has 0 spiro atoms. The van der Waals surface area contributed by atoms with Crippen LogP contribution >= 0.6 is 23.2 Å². The van der Waals surface area contributed by atoms with Crippen molar-refractivity contribution in [2.45, 2.75) is 32.0 Å². The first-order valence-corrected chi connectivity index (χ1v) is 9.86. The number of carbonyl (C=O) groups excluding carboxylic acids is 1. The van der Waals surface area contributed by atoms with E-state index in [4.69, 9.17) is 27.9 Å². The van der Waals surface area contributed by atoms with Gasteiger partial charge in [0.15, 0.2) is 0 Å². The van der Waals surface area contributed by atoms with Crippen molar-refractivity contribution in [3.05, 3.63) is 63.6 Å². The number of hydrogen-bond donors (Lipinski definition) is 0. The fourth-order valence-corrected chi connectivity index (χ4v) is 3.99. The van der Waals surface area contributed by atoms with Crippen LogP contribution in [0.5, 0.6) is 5.75 Å². The zero-order chi connectivity index (χ0) is 21.3. The normalized spacial score (nSPS) is 20.6. The zero-order valence-corrected chi connectivity index (χ0v) is 17.4. The van der Waals surface area contributed by atoms with Gasteiger partial charge >= 0.3 is 6.18 Å². The molecule has 2 aromatic carbocycles. The molecule has 1 heterocycles. The summed E-state index contributed by atoms with van der Waals surface area (Å²) in [7, 11) is 0. The van der Waals surface area contributed by atoms with Crippen LogP contribution < -0.4 is 4.74 Å². The Labute approximate surface area is 177 Å². The molecule has 0 aliphatic carbocycles. The van der Waals surface area contributed by atoms with Gasteiger partial charge in [-0.2, -0.15) is 13.2 Å². The Hall–Kier alpha value is -1.92. The fraction of sp³-hybridized carbons (Fsp3) is 0.381. The maximum absolute atomic E-state index is 12.7. The number of carbonyl (C=O) groups is 1. The molecule has 0 radical (unpaired) electrons. The van der Waals surface area contributed by atoms with Crippen molar-refractivity contribution in [1.82, 2.24) is 4.90 Å². The number of alkyl halides is 3. The summed E-state index contributed by atoms with van der Waals surface area (Å²) in [4.78, 5) is 13.7. The molecule has 0 aromatic heterocycles. The molecule has 156 valence electrons. The summed E-state index contributed by atoms with van der Waals surface area (Å²) in [6.07, 6.45) is -4.73. The van der Waals surface area contributed by atoms with Crippen LogP contribution in [0.1, 0.15) is 30.9 Å². The van der Waals surface area contributed by atoms with Gasteiger partial charge in [-0.05, 0) is 48.9 Å². The molecule has 8 heteroatoms. The highest BCUT2D eigenvalue weighted by molar-refractivity contribution is 6.42. The van der Waals surface area contributed by atoms with E-state index in [1.807, 2.05) is 13.0 Å². The number of hydrogen-bond acceptors (Lipinski definition) is 2. The van der Waals surface area contributed by atoms with Crippen molar-refractivity contribution in [1.29, 1.82) is 0 Å². The first-order chi connectivity index (χ1) is 13.6. The van der Waals surface area contributed by atoms with Crippen molar-refractivity contribution >= 4 is 29.1 Å². The number of likely N-dealkylation sites (tertiary alicyclic amines) is 1. The molecule has 3 nitrogen and oxygen atoms in total. The van der Waals surface area contributed by atoms with Gasteiger partial charge in [0, 0.05) is 31.8 Å². The SMILES string of the molecule is CC(=O)N1CC(c2ccc(Cl)c(Cl)c2)C(C(C)Oc2ccc(C(F)(F)F)cc2)C1. The van der Waals surface area contributed by atoms with E-state index in [9.17, 15) is 18.0 Å². The van der Waals surface area contributed by atoms with E-state index >= 15 is 0 Å². The molecule has 1 amide bonds. The average molecular weight is 446 g/mol. The van der Waals surface area contributed by atoms with Crippen LogP contribution in [0.2, 0.25) is 10.0 Å². The molecule has 3 atom stereocenters. The van der Waals surface area contributed by atoms with Crippen LogP contribution in [0.15, 0.2) is 42.5 Å². The Morgan fingerprint density at radius 2 is 1.76 bits per heavy atom. The smallest absolute Gasteiger partial charge is 0.416 e. The summed E-state index contributed by atoms with van der Waals surface area (Å²) in [5.41, 5.74) is 0.214. The van der Waals surface area contributed by atoms with E-state index in [1.54, 1.807) is 17.0 Å². The monoisotopic (exact) mass is 445 g/mol. The summed E-state index contributed by atoms with van der Waals surface area (Å²) in [6.45, 7) is 4.37. The number of halogens is 5. The minimum atomic E-state index is -4.39. The lowest BCUT2D eigenvalue weighted by molar-refractivity contribution is -0.137. The van der Waals surface area contributed by atoms with Gasteiger partial charge in [0.2, 0.25) is 5.91 Å². The molecule has 1 saturated heterocycles. The Kier molecular flexibility index (Phi) is 6.34. The van der Waals surface area contributed by atoms with E-state index in [1.165, 1.54) is 19.1 Å². The summed E-state index contributed by atoms with van der Waals surface area (Å²) in [6, 6.07) is 9.99. The van der Waals surface area contributed by atoms with Crippen molar-refractivity contribution in [2.24, 2.45) is 5.92 Å². The summed E-state index contributed by atoms with van der Waals surface area (Å²) in [5, 5.41) is 0.878. The highest BCUT2D eigenvalue weighted by Gasteiger charge is 2.39. The number of amides is 1. The third-order valence-corrected chi connectivity index (χ3v) is 6.03. The van der Waals surface area contributed by atoms with Crippen molar-refractivity contribution in [3.8, 4) is 5.75 Å². The van der Waals surface area contributed by atoms with E-state index in [0.29, 0.717) is 28.9 Å². The molecule has 3 rings (SSSR count). The highest BCUT2D eigenvalue weighted by atomic mass is 35.5. The third-order valence-electron chi connectivity index (χ3n) is 5.29.